The molecule has 1 aromatic rings. The van der Waals surface area contributed by atoms with Crippen molar-refractivity contribution in [1.82, 2.24) is 0 Å². The zero-order valence-corrected chi connectivity index (χ0v) is 9.71. The predicted molar refractivity (Wildman–Crippen MR) is 62.8 cm³/mol. The van der Waals surface area contributed by atoms with Crippen LogP contribution < -0.4 is 5.73 Å². The van der Waals surface area contributed by atoms with Crippen LogP contribution >= 0.6 is 0 Å². The van der Waals surface area contributed by atoms with Gasteiger partial charge in [0.2, 0.25) is 0 Å². The van der Waals surface area contributed by atoms with Gasteiger partial charge in [-0.2, -0.15) is 0 Å². The maximum Gasteiger partial charge on any atom is 0.141 e. The monoisotopic (exact) mass is 205 g/mol. The summed E-state index contributed by atoms with van der Waals surface area (Å²) >= 11 is 0. The van der Waals surface area contributed by atoms with Gasteiger partial charge in [-0.3, -0.25) is 4.79 Å². The van der Waals surface area contributed by atoms with Crippen LogP contribution in [0.4, 0.5) is 0 Å². The lowest BCUT2D eigenvalue weighted by molar-refractivity contribution is -0.121. The van der Waals surface area contributed by atoms with Crippen LogP contribution in [0.1, 0.15) is 23.6 Å². The Labute approximate surface area is 91.5 Å². The van der Waals surface area contributed by atoms with Crippen LogP contribution in [-0.2, 0) is 11.2 Å². The molecule has 2 heteroatoms. The molecule has 1 aromatic carbocycles. The van der Waals surface area contributed by atoms with E-state index in [0.717, 1.165) is 5.56 Å². The smallest absolute Gasteiger partial charge is 0.141 e. The quantitative estimate of drug-likeness (QED) is 0.817. The molecule has 1 atom stereocenters. The second-order valence-electron chi connectivity index (χ2n) is 4.20. The SMILES string of the molecule is Cc1ccc(CC(=O)C(C)CN)cc1C. The van der Waals surface area contributed by atoms with Crippen LogP contribution in [0.15, 0.2) is 18.2 Å². The summed E-state index contributed by atoms with van der Waals surface area (Å²) in [5.41, 5.74) is 9.05. The third-order valence-electron chi connectivity index (χ3n) is 2.85. The third kappa shape index (κ3) is 3.17. The maximum absolute atomic E-state index is 11.7. The molecule has 2 nitrogen and oxygen atoms in total. The molecule has 0 aliphatic rings. The number of hydrogen-bond acceptors (Lipinski definition) is 2. The van der Waals surface area contributed by atoms with E-state index < -0.39 is 0 Å². The largest absolute Gasteiger partial charge is 0.330 e. The maximum atomic E-state index is 11.7. The number of aryl methyl sites for hydroxylation is 2. The van der Waals surface area contributed by atoms with Gasteiger partial charge in [-0.15, -0.1) is 0 Å². The average molecular weight is 205 g/mol. The highest BCUT2D eigenvalue weighted by molar-refractivity contribution is 5.83. The molecule has 0 heterocycles. The number of rotatable bonds is 4. The Morgan fingerprint density at radius 1 is 1.33 bits per heavy atom. The molecule has 0 amide bonds. The molecule has 0 aliphatic carbocycles. The van der Waals surface area contributed by atoms with Crippen molar-refractivity contribution >= 4 is 5.78 Å². The first-order valence-electron chi connectivity index (χ1n) is 5.33. The van der Waals surface area contributed by atoms with Crippen molar-refractivity contribution in [3.05, 3.63) is 34.9 Å². The first kappa shape index (κ1) is 11.9. The minimum Gasteiger partial charge on any atom is -0.330 e. The second kappa shape index (κ2) is 5.08. The van der Waals surface area contributed by atoms with Crippen molar-refractivity contribution in [1.29, 1.82) is 0 Å². The van der Waals surface area contributed by atoms with E-state index in [1.165, 1.54) is 11.1 Å². The highest BCUT2D eigenvalue weighted by atomic mass is 16.1. The lowest BCUT2D eigenvalue weighted by atomic mass is 9.97. The lowest BCUT2D eigenvalue weighted by Gasteiger charge is -2.08. The van der Waals surface area contributed by atoms with Crippen LogP contribution in [-0.4, -0.2) is 12.3 Å². The van der Waals surface area contributed by atoms with Crippen molar-refractivity contribution < 1.29 is 4.79 Å². The van der Waals surface area contributed by atoms with Crippen LogP contribution in [0, 0.1) is 19.8 Å². The van der Waals surface area contributed by atoms with E-state index >= 15 is 0 Å². The third-order valence-corrected chi connectivity index (χ3v) is 2.85. The number of benzene rings is 1. The normalized spacial score (nSPS) is 12.5. The molecule has 0 aromatic heterocycles. The molecule has 82 valence electrons. The summed E-state index contributed by atoms with van der Waals surface area (Å²) in [6.45, 7) is 6.45. The molecule has 0 spiro atoms. The standard InChI is InChI=1S/C13H19NO/c1-9-4-5-12(6-10(9)2)7-13(15)11(3)8-14/h4-6,11H,7-8,14H2,1-3H3. The van der Waals surface area contributed by atoms with Gasteiger partial charge in [-0.05, 0) is 30.5 Å². The molecule has 1 rings (SSSR count). The van der Waals surface area contributed by atoms with Crippen LogP contribution in [0.5, 0.6) is 0 Å². The van der Waals surface area contributed by atoms with E-state index in [9.17, 15) is 4.79 Å². The molecule has 0 fully saturated rings. The Balaban J connectivity index is 2.73. The molecule has 0 saturated heterocycles. The van der Waals surface area contributed by atoms with Crippen molar-refractivity contribution in [2.24, 2.45) is 11.7 Å². The Morgan fingerprint density at radius 3 is 2.53 bits per heavy atom. The minimum absolute atomic E-state index is 0.0355. The fraction of sp³-hybridized carbons (Fsp3) is 0.462. The van der Waals surface area contributed by atoms with Gasteiger partial charge >= 0.3 is 0 Å². The zero-order valence-electron chi connectivity index (χ0n) is 9.71. The van der Waals surface area contributed by atoms with E-state index in [-0.39, 0.29) is 11.7 Å². The first-order valence-corrected chi connectivity index (χ1v) is 5.33. The van der Waals surface area contributed by atoms with Gasteiger partial charge < -0.3 is 5.73 Å². The first-order chi connectivity index (χ1) is 7.04. The van der Waals surface area contributed by atoms with Gasteiger partial charge in [0.15, 0.2) is 0 Å². The number of carbonyl (C=O) groups is 1. The Hall–Kier alpha value is -1.15. The van der Waals surface area contributed by atoms with Crippen molar-refractivity contribution in [2.75, 3.05) is 6.54 Å². The molecular weight excluding hydrogens is 186 g/mol. The summed E-state index contributed by atoms with van der Waals surface area (Å²) in [4.78, 5) is 11.7. The van der Waals surface area contributed by atoms with E-state index in [2.05, 4.69) is 26.0 Å². The molecule has 0 radical (unpaired) electrons. The Kier molecular flexibility index (Phi) is 4.04. The van der Waals surface area contributed by atoms with Crippen LogP contribution in [0.2, 0.25) is 0 Å². The summed E-state index contributed by atoms with van der Waals surface area (Å²) < 4.78 is 0. The number of hydrogen-bond donors (Lipinski definition) is 1. The summed E-state index contributed by atoms with van der Waals surface area (Å²) in [7, 11) is 0. The van der Waals surface area contributed by atoms with Gasteiger partial charge in [-0.1, -0.05) is 25.1 Å². The van der Waals surface area contributed by atoms with E-state index in [4.69, 9.17) is 5.73 Å². The molecular formula is C13H19NO. The molecule has 2 N–H and O–H groups in total. The summed E-state index contributed by atoms with van der Waals surface area (Å²) in [5, 5.41) is 0. The second-order valence-corrected chi connectivity index (χ2v) is 4.20. The van der Waals surface area contributed by atoms with Gasteiger partial charge in [0.05, 0.1) is 0 Å². The van der Waals surface area contributed by atoms with Crippen LogP contribution in [0.25, 0.3) is 0 Å². The zero-order chi connectivity index (χ0) is 11.4. The predicted octanol–water partition coefficient (Wildman–Crippen LogP) is 2.01. The van der Waals surface area contributed by atoms with Crippen molar-refractivity contribution in [3.63, 3.8) is 0 Å². The Bertz CT molecular complexity index is 358. The number of Topliss-reactive ketones (excluding diaryl/α,β-unsaturated/α-hetero) is 1. The fourth-order valence-electron chi connectivity index (χ4n) is 1.42. The summed E-state index contributed by atoms with van der Waals surface area (Å²) in [5.74, 6) is 0.187. The molecule has 0 aliphatic heterocycles. The number of carbonyl (C=O) groups excluding carboxylic acids is 1. The van der Waals surface area contributed by atoms with Gasteiger partial charge in [0.1, 0.15) is 5.78 Å². The van der Waals surface area contributed by atoms with E-state index in [1.54, 1.807) is 0 Å². The summed E-state index contributed by atoms with van der Waals surface area (Å²) in [6.07, 6.45) is 0.499. The van der Waals surface area contributed by atoms with Gasteiger partial charge in [0.25, 0.3) is 0 Å². The van der Waals surface area contributed by atoms with Crippen molar-refractivity contribution in [2.45, 2.75) is 27.2 Å². The highest BCUT2D eigenvalue weighted by Gasteiger charge is 2.11. The van der Waals surface area contributed by atoms with E-state index in [0.29, 0.717) is 13.0 Å². The molecule has 1 unspecified atom stereocenters. The average Bonchev–Trinajstić information content (AvgIpc) is 2.22. The Morgan fingerprint density at radius 2 is 2.00 bits per heavy atom. The molecule has 0 saturated carbocycles. The lowest BCUT2D eigenvalue weighted by Crippen LogP contribution is -2.22. The number of nitrogens with two attached hydrogens (primary N) is 1. The van der Waals surface area contributed by atoms with Gasteiger partial charge in [-0.25, -0.2) is 0 Å². The number of ketones is 1. The molecule has 15 heavy (non-hydrogen) atoms. The fourth-order valence-corrected chi connectivity index (χ4v) is 1.42. The topological polar surface area (TPSA) is 43.1 Å². The van der Waals surface area contributed by atoms with Crippen LogP contribution in [0.3, 0.4) is 0 Å². The summed E-state index contributed by atoms with van der Waals surface area (Å²) in [6, 6.07) is 6.16. The van der Waals surface area contributed by atoms with E-state index in [1.807, 2.05) is 13.0 Å². The highest BCUT2D eigenvalue weighted by Crippen LogP contribution is 2.12. The minimum atomic E-state index is -0.0355. The molecule has 0 bridgehead atoms. The van der Waals surface area contributed by atoms with Gasteiger partial charge in [0, 0.05) is 18.9 Å². The van der Waals surface area contributed by atoms with Crippen molar-refractivity contribution in [3.8, 4) is 0 Å².